The lowest BCUT2D eigenvalue weighted by Crippen LogP contribution is -2.46. The molecule has 1 aliphatic carbocycles. The van der Waals surface area contributed by atoms with E-state index in [1.807, 2.05) is 34.9 Å². The number of nitrogens with zero attached hydrogens (tertiary/aromatic N) is 1. The molecule has 0 fully saturated rings. The van der Waals surface area contributed by atoms with Gasteiger partial charge < -0.3 is 0 Å². The van der Waals surface area contributed by atoms with Gasteiger partial charge in [-0.05, 0) is 35.8 Å². The number of rotatable bonds is 1. The van der Waals surface area contributed by atoms with Crippen molar-refractivity contribution in [1.82, 2.24) is 4.98 Å². The Balaban J connectivity index is 1.66. The minimum Gasteiger partial charge on any atom is -0.236 e. The highest BCUT2D eigenvalue weighted by molar-refractivity contribution is 8.05. The zero-order valence-electron chi connectivity index (χ0n) is 16.3. The second-order valence-electron chi connectivity index (χ2n) is 8.05. The van der Waals surface area contributed by atoms with Crippen LogP contribution in [0.4, 0.5) is 0 Å². The smallest absolute Gasteiger partial charge is 0.124 e. The van der Waals surface area contributed by atoms with Crippen molar-refractivity contribution in [3.63, 3.8) is 0 Å². The van der Waals surface area contributed by atoms with Crippen LogP contribution in [0.2, 0.25) is 0 Å². The molecule has 4 aromatic rings. The van der Waals surface area contributed by atoms with Crippen LogP contribution >= 0.6 is 34.9 Å². The first-order chi connectivity index (χ1) is 14.7. The minimum atomic E-state index is 0.0101. The zero-order valence-corrected chi connectivity index (χ0v) is 18.7. The Morgan fingerprint density at radius 3 is 2.33 bits per heavy atom. The van der Waals surface area contributed by atoms with Gasteiger partial charge >= 0.3 is 0 Å². The molecule has 30 heavy (non-hydrogen) atoms. The molecule has 0 bridgehead atoms. The Labute approximate surface area is 187 Å². The Morgan fingerprint density at radius 2 is 1.50 bits per heavy atom. The Bertz CT molecular complexity index is 1470. The fourth-order valence-electron chi connectivity index (χ4n) is 4.98. The molecule has 144 valence electrons. The third-order valence-corrected chi connectivity index (χ3v) is 10.6. The highest BCUT2D eigenvalue weighted by Crippen LogP contribution is 2.62. The lowest BCUT2D eigenvalue weighted by Gasteiger charge is -2.34. The van der Waals surface area contributed by atoms with Gasteiger partial charge in [0.2, 0.25) is 0 Å². The van der Waals surface area contributed by atoms with Crippen LogP contribution in [0.25, 0.3) is 21.7 Å². The third-order valence-electron chi connectivity index (χ3n) is 6.29. The van der Waals surface area contributed by atoms with E-state index in [2.05, 4.69) is 85.8 Å². The molecule has 3 aliphatic rings. The Morgan fingerprint density at radius 1 is 0.800 bits per heavy atom. The summed E-state index contributed by atoms with van der Waals surface area (Å²) in [5, 5.41) is 2.69. The second kappa shape index (κ2) is 6.13. The number of benzene rings is 3. The molecule has 0 spiro atoms. The Kier molecular flexibility index (Phi) is 3.56. The van der Waals surface area contributed by atoms with Gasteiger partial charge in [-0.15, -0.1) is 34.9 Å². The molecule has 3 heterocycles. The van der Waals surface area contributed by atoms with Gasteiger partial charge in [0, 0.05) is 20.9 Å². The predicted molar refractivity (Wildman–Crippen MR) is 129 cm³/mol. The van der Waals surface area contributed by atoms with Crippen molar-refractivity contribution in [2.45, 2.75) is 26.7 Å². The molecule has 3 aromatic carbocycles. The van der Waals surface area contributed by atoms with E-state index < -0.39 is 0 Å². The maximum absolute atomic E-state index is 5.27. The van der Waals surface area contributed by atoms with Gasteiger partial charge in [0.05, 0.1) is 19.9 Å². The van der Waals surface area contributed by atoms with Crippen molar-refractivity contribution >= 4 is 46.0 Å². The lowest BCUT2D eigenvalue weighted by atomic mass is 9.82. The van der Waals surface area contributed by atoms with Crippen molar-refractivity contribution in [1.29, 1.82) is 0 Å². The van der Waals surface area contributed by atoms with Crippen LogP contribution in [0.1, 0.15) is 18.1 Å². The maximum atomic E-state index is 5.27. The first-order valence-electron chi connectivity index (χ1n) is 10.1. The SMILES string of the molecule is CC12Sc3ccccc3C1=c1sc(-c3ccccc3)nc1=C1c3ccccc3SC12. The standard InChI is InChI=1S/C26H17NS3/c1-26-21(17-12-6-8-14-19(17)30-26)23-22(27-25(29-23)15-9-3-2-4-10-15)20-16-11-5-7-13-18(16)28-24(20)26/h2-14,24H,1H3. The van der Waals surface area contributed by atoms with Crippen molar-refractivity contribution < 1.29 is 0 Å². The molecule has 2 atom stereocenters. The van der Waals surface area contributed by atoms with Crippen LogP contribution in [0.5, 0.6) is 0 Å². The molecular formula is C26H17NS3. The number of thioether (sulfide) groups is 2. The fraction of sp³-hybridized carbons (Fsp3) is 0.115. The molecule has 1 nitrogen and oxygen atoms in total. The quantitative estimate of drug-likeness (QED) is 0.385. The summed E-state index contributed by atoms with van der Waals surface area (Å²) in [6.07, 6.45) is 0. The predicted octanol–water partition coefficient (Wildman–Crippen LogP) is 5.56. The van der Waals surface area contributed by atoms with E-state index in [9.17, 15) is 0 Å². The van der Waals surface area contributed by atoms with E-state index in [-0.39, 0.29) is 4.75 Å². The van der Waals surface area contributed by atoms with Gasteiger partial charge in [-0.3, -0.25) is 0 Å². The molecule has 0 N–H and O–H groups in total. The molecule has 2 aliphatic heterocycles. The molecule has 0 saturated heterocycles. The second-order valence-corrected chi connectivity index (χ2v) is 11.7. The summed E-state index contributed by atoms with van der Waals surface area (Å²) in [5.74, 6) is 0. The largest absolute Gasteiger partial charge is 0.236 e. The number of aromatic nitrogens is 1. The molecule has 2 unspecified atom stereocenters. The van der Waals surface area contributed by atoms with Crippen LogP contribution < -0.4 is 9.88 Å². The summed E-state index contributed by atoms with van der Waals surface area (Å²) < 4.78 is 1.37. The number of hydrogen-bond acceptors (Lipinski definition) is 4. The van der Waals surface area contributed by atoms with Gasteiger partial charge in [-0.1, -0.05) is 66.7 Å². The van der Waals surface area contributed by atoms with E-state index >= 15 is 0 Å². The highest BCUT2D eigenvalue weighted by Gasteiger charge is 2.52. The van der Waals surface area contributed by atoms with Crippen molar-refractivity contribution in [3.8, 4) is 10.6 Å². The number of thiazole rings is 1. The lowest BCUT2D eigenvalue weighted by molar-refractivity contribution is 0.851. The number of fused-ring (bicyclic) bond motifs is 8. The third kappa shape index (κ3) is 2.19. The van der Waals surface area contributed by atoms with Crippen LogP contribution in [-0.2, 0) is 0 Å². The monoisotopic (exact) mass is 439 g/mol. The van der Waals surface area contributed by atoms with Crippen LogP contribution in [-0.4, -0.2) is 15.0 Å². The van der Waals surface area contributed by atoms with Crippen LogP contribution in [0.3, 0.4) is 0 Å². The van der Waals surface area contributed by atoms with Crippen molar-refractivity contribution in [2.24, 2.45) is 0 Å². The van der Waals surface area contributed by atoms with Crippen molar-refractivity contribution in [2.75, 3.05) is 0 Å². The van der Waals surface area contributed by atoms with E-state index in [4.69, 9.17) is 4.98 Å². The van der Waals surface area contributed by atoms with E-state index in [0.717, 1.165) is 5.01 Å². The molecule has 0 saturated carbocycles. The highest BCUT2D eigenvalue weighted by atomic mass is 32.2. The summed E-state index contributed by atoms with van der Waals surface area (Å²) in [6, 6.07) is 28.4. The van der Waals surface area contributed by atoms with Gasteiger partial charge in [-0.25, -0.2) is 4.98 Å². The average molecular weight is 440 g/mol. The van der Waals surface area contributed by atoms with Crippen LogP contribution in [0.15, 0.2) is 88.7 Å². The molecular weight excluding hydrogens is 422 g/mol. The van der Waals surface area contributed by atoms with Crippen LogP contribution in [0, 0.1) is 0 Å². The summed E-state index contributed by atoms with van der Waals surface area (Å²) >= 11 is 5.92. The minimum absolute atomic E-state index is 0.0101. The summed E-state index contributed by atoms with van der Waals surface area (Å²) in [6.45, 7) is 2.45. The summed E-state index contributed by atoms with van der Waals surface area (Å²) in [7, 11) is 0. The molecule has 1 aromatic heterocycles. The summed E-state index contributed by atoms with van der Waals surface area (Å²) in [4.78, 5) is 8.05. The Hall–Kier alpha value is -2.27. The van der Waals surface area contributed by atoms with Gasteiger partial charge in [0.25, 0.3) is 0 Å². The number of hydrogen-bond donors (Lipinski definition) is 0. The topological polar surface area (TPSA) is 12.9 Å². The normalized spacial score (nSPS) is 22.9. The fourth-order valence-corrected chi connectivity index (χ4v) is 9.43. The van der Waals surface area contributed by atoms with Gasteiger partial charge in [0.1, 0.15) is 5.01 Å². The van der Waals surface area contributed by atoms with Crippen molar-refractivity contribution in [3.05, 3.63) is 99.9 Å². The zero-order chi connectivity index (χ0) is 19.9. The average Bonchev–Trinajstić information content (AvgIpc) is 3.45. The van der Waals surface area contributed by atoms with Gasteiger partial charge in [-0.2, -0.15) is 0 Å². The first kappa shape index (κ1) is 17.4. The molecule has 0 radical (unpaired) electrons. The van der Waals surface area contributed by atoms with E-state index in [1.54, 1.807) is 0 Å². The first-order valence-corrected chi connectivity index (χ1v) is 12.6. The maximum Gasteiger partial charge on any atom is 0.124 e. The van der Waals surface area contributed by atoms with Gasteiger partial charge in [0.15, 0.2) is 0 Å². The molecule has 7 rings (SSSR count). The summed E-state index contributed by atoms with van der Waals surface area (Å²) in [5.41, 5.74) is 6.87. The van der Waals surface area contributed by atoms with E-state index in [1.165, 1.54) is 47.5 Å². The van der Waals surface area contributed by atoms with E-state index in [0.29, 0.717) is 5.25 Å². The molecule has 0 amide bonds. The molecule has 4 heteroatoms.